The Bertz CT molecular complexity index is 171. The molecule has 68 valence electrons. The molecule has 4 nitrogen and oxygen atoms in total. The van der Waals surface area contributed by atoms with E-state index in [-0.39, 0.29) is 18.8 Å². The SMILES string of the molecule is C=CC.O=S(=O)(O)CCCO. The summed E-state index contributed by atoms with van der Waals surface area (Å²) in [6.45, 7) is 5.04. The molecule has 0 aliphatic carbocycles. The lowest BCUT2D eigenvalue weighted by Crippen LogP contribution is -2.04. The van der Waals surface area contributed by atoms with E-state index in [9.17, 15) is 8.42 Å². The van der Waals surface area contributed by atoms with E-state index in [0.717, 1.165) is 0 Å². The zero-order chi connectivity index (χ0) is 9.33. The van der Waals surface area contributed by atoms with Crippen LogP contribution in [0.15, 0.2) is 12.7 Å². The molecule has 2 N–H and O–H groups in total. The molecule has 0 aromatic carbocycles. The molecule has 0 amide bonds. The van der Waals surface area contributed by atoms with Gasteiger partial charge in [0.1, 0.15) is 0 Å². The molecular weight excluding hydrogens is 168 g/mol. The molecule has 11 heavy (non-hydrogen) atoms. The van der Waals surface area contributed by atoms with E-state index in [1.54, 1.807) is 6.08 Å². The van der Waals surface area contributed by atoms with E-state index >= 15 is 0 Å². The molecule has 5 heteroatoms. The first-order chi connectivity index (χ1) is 4.97. The molecule has 0 aliphatic heterocycles. The minimum absolute atomic E-state index is 0.0961. The Balaban J connectivity index is 0. The van der Waals surface area contributed by atoms with Crippen molar-refractivity contribution >= 4 is 10.1 Å². The molecule has 0 fully saturated rings. The standard InChI is InChI=1S/C3H8O4S.C3H6/c4-2-1-3-8(5,6)7;1-3-2/h4H,1-3H2,(H,5,6,7);3H,1H2,2H3. The quantitative estimate of drug-likeness (QED) is 0.491. The predicted molar refractivity (Wildman–Crippen MR) is 44.0 cm³/mol. The lowest BCUT2D eigenvalue weighted by Gasteiger charge is -1.89. The van der Waals surface area contributed by atoms with Crippen LogP contribution in [0.3, 0.4) is 0 Å². The third-order valence-corrected chi connectivity index (χ3v) is 1.36. The van der Waals surface area contributed by atoms with Gasteiger partial charge in [0, 0.05) is 6.61 Å². The average Bonchev–Trinajstić information content (AvgIpc) is 1.84. The zero-order valence-corrected chi connectivity index (χ0v) is 7.34. The van der Waals surface area contributed by atoms with Gasteiger partial charge in [-0.3, -0.25) is 4.55 Å². The van der Waals surface area contributed by atoms with Crippen LogP contribution in [0, 0.1) is 0 Å². The fourth-order valence-corrected chi connectivity index (χ4v) is 0.741. The Morgan fingerprint density at radius 1 is 1.55 bits per heavy atom. The highest BCUT2D eigenvalue weighted by atomic mass is 32.2. The van der Waals surface area contributed by atoms with Gasteiger partial charge >= 0.3 is 0 Å². The molecule has 0 rings (SSSR count). The molecule has 0 radical (unpaired) electrons. The molecule has 0 aromatic heterocycles. The average molecular weight is 182 g/mol. The van der Waals surface area contributed by atoms with Gasteiger partial charge < -0.3 is 5.11 Å². The second-order valence-corrected chi connectivity index (χ2v) is 3.34. The highest BCUT2D eigenvalue weighted by Gasteiger charge is 2.00. The molecule has 0 aromatic rings. The van der Waals surface area contributed by atoms with Gasteiger partial charge in [-0.25, -0.2) is 0 Å². The Morgan fingerprint density at radius 2 is 1.91 bits per heavy atom. The predicted octanol–water partition coefficient (Wildman–Crippen LogP) is 0.449. The fraction of sp³-hybridized carbons (Fsp3) is 0.667. The van der Waals surface area contributed by atoms with Crippen molar-refractivity contribution in [2.24, 2.45) is 0 Å². The lowest BCUT2D eigenvalue weighted by atomic mass is 10.5. The largest absolute Gasteiger partial charge is 0.396 e. The van der Waals surface area contributed by atoms with Crippen molar-refractivity contribution in [1.29, 1.82) is 0 Å². The van der Waals surface area contributed by atoms with Gasteiger partial charge in [-0.15, -0.1) is 6.58 Å². The van der Waals surface area contributed by atoms with Gasteiger partial charge in [0.15, 0.2) is 0 Å². The normalized spacial score (nSPS) is 9.73. The second-order valence-electron chi connectivity index (χ2n) is 1.77. The summed E-state index contributed by atoms with van der Waals surface area (Å²) < 4.78 is 27.7. The van der Waals surface area contributed by atoms with Gasteiger partial charge in [-0.1, -0.05) is 6.08 Å². The van der Waals surface area contributed by atoms with Crippen LogP contribution < -0.4 is 0 Å². The molecule has 0 spiro atoms. The summed E-state index contributed by atoms with van der Waals surface area (Å²) in [7, 11) is -3.85. The van der Waals surface area contributed by atoms with Crippen LogP contribution in [0.5, 0.6) is 0 Å². The Kier molecular flexibility index (Phi) is 9.27. The van der Waals surface area contributed by atoms with Crippen molar-refractivity contribution in [3.05, 3.63) is 12.7 Å². The van der Waals surface area contributed by atoms with E-state index < -0.39 is 10.1 Å². The third-order valence-electron chi connectivity index (χ3n) is 0.560. The molecule has 0 saturated carbocycles. The highest BCUT2D eigenvalue weighted by Crippen LogP contribution is 1.84. The van der Waals surface area contributed by atoms with Crippen LogP contribution >= 0.6 is 0 Å². The molecule has 0 unspecified atom stereocenters. The maximum atomic E-state index is 9.83. The zero-order valence-electron chi connectivity index (χ0n) is 6.52. The van der Waals surface area contributed by atoms with Gasteiger partial charge in [-0.2, -0.15) is 8.42 Å². The van der Waals surface area contributed by atoms with Crippen molar-refractivity contribution in [2.45, 2.75) is 13.3 Å². The summed E-state index contributed by atoms with van der Waals surface area (Å²) in [5.74, 6) is -0.358. The summed E-state index contributed by atoms with van der Waals surface area (Å²) in [5, 5.41) is 8.05. The van der Waals surface area contributed by atoms with Crippen LogP contribution in [-0.2, 0) is 10.1 Å². The molecule has 0 aliphatic rings. The molecular formula is C6H14O4S. The summed E-state index contributed by atoms with van der Waals surface area (Å²) in [6, 6.07) is 0. The summed E-state index contributed by atoms with van der Waals surface area (Å²) in [4.78, 5) is 0. The number of hydrogen-bond acceptors (Lipinski definition) is 3. The van der Waals surface area contributed by atoms with E-state index in [2.05, 4.69) is 6.58 Å². The number of rotatable bonds is 3. The minimum atomic E-state index is -3.85. The summed E-state index contributed by atoms with van der Waals surface area (Å²) >= 11 is 0. The minimum Gasteiger partial charge on any atom is -0.396 e. The van der Waals surface area contributed by atoms with Crippen LogP contribution in [0.2, 0.25) is 0 Å². The Hall–Kier alpha value is -0.390. The first-order valence-electron chi connectivity index (χ1n) is 3.11. The maximum Gasteiger partial charge on any atom is 0.264 e. The van der Waals surface area contributed by atoms with Crippen LogP contribution in [0.1, 0.15) is 13.3 Å². The van der Waals surface area contributed by atoms with E-state index in [1.165, 1.54) is 0 Å². The third kappa shape index (κ3) is 26.2. The molecule has 0 saturated heterocycles. The van der Waals surface area contributed by atoms with Crippen molar-refractivity contribution < 1.29 is 18.1 Å². The highest BCUT2D eigenvalue weighted by molar-refractivity contribution is 7.85. The van der Waals surface area contributed by atoms with Crippen LogP contribution in [0.25, 0.3) is 0 Å². The van der Waals surface area contributed by atoms with Crippen LogP contribution in [0.4, 0.5) is 0 Å². The van der Waals surface area contributed by atoms with Crippen molar-refractivity contribution in [3.63, 3.8) is 0 Å². The Labute approximate surface area is 67.3 Å². The molecule has 0 atom stereocenters. The van der Waals surface area contributed by atoms with Gasteiger partial charge in [0.25, 0.3) is 10.1 Å². The summed E-state index contributed by atoms with van der Waals surface area (Å²) in [5.41, 5.74) is 0. The first-order valence-corrected chi connectivity index (χ1v) is 4.72. The van der Waals surface area contributed by atoms with Gasteiger partial charge in [-0.05, 0) is 13.3 Å². The van der Waals surface area contributed by atoms with E-state index in [1.807, 2.05) is 6.92 Å². The van der Waals surface area contributed by atoms with Crippen molar-refractivity contribution in [3.8, 4) is 0 Å². The number of allylic oxidation sites excluding steroid dienone is 1. The summed E-state index contributed by atoms with van der Waals surface area (Å²) in [6.07, 6.45) is 1.85. The van der Waals surface area contributed by atoms with Gasteiger partial charge in [0.2, 0.25) is 0 Å². The number of aliphatic hydroxyl groups is 1. The monoisotopic (exact) mass is 182 g/mol. The second kappa shape index (κ2) is 7.71. The van der Waals surface area contributed by atoms with Crippen molar-refractivity contribution in [2.75, 3.05) is 12.4 Å². The van der Waals surface area contributed by atoms with E-state index in [4.69, 9.17) is 9.66 Å². The van der Waals surface area contributed by atoms with Gasteiger partial charge in [0.05, 0.1) is 5.75 Å². The molecule has 0 heterocycles. The smallest absolute Gasteiger partial charge is 0.264 e. The fourth-order valence-electron chi connectivity index (χ4n) is 0.247. The topological polar surface area (TPSA) is 74.6 Å². The first kappa shape index (κ1) is 13.2. The van der Waals surface area contributed by atoms with E-state index in [0.29, 0.717) is 0 Å². The van der Waals surface area contributed by atoms with Crippen molar-refractivity contribution in [1.82, 2.24) is 0 Å². The Morgan fingerprint density at radius 3 is 2.00 bits per heavy atom. The number of aliphatic hydroxyl groups excluding tert-OH is 1. The maximum absolute atomic E-state index is 9.83. The molecule has 0 bridgehead atoms. The van der Waals surface area contributed by atoms with Crippen LogP contribution in [-0.4, -0.2) is 30.4 Å². The lowest BCUT2D eigenvalue weighted by molar-refractivity contribution is 0.294. The number of hydrogen-bond donors (Lipinski definition) is 2.